The molecule has 0 bridgehead atoms. The zero-order valence-electron chi connectivity index (χ0n) is 14.6. The number of hydrogen-bond donors (Lipinski definition) is 6. The lowest BCUT2D eigenvalue weighted by Gasteiger charge is -2.26. The van der Waals surface area contributed by atoms with Crippen LogP contribution >= 0.6 is 0 Å². The summed E-state index contributed by atoms with van der Waals surface area (Å²) in [6, 6.07) is 0. The maximum atomic E-state index is 10.3. The van der Waals surface area contributed by atoms with E-state index in [4.69, 9.17) is 30.9 Å². The van der Waals surface area contributed by atoms with Crippen molar-refractivity contribution >= 4 is 6.09 Å². The quantitative estimate of drug-likeness (QED) is 0.317. The lowest BCUT2D eigenvalue weighted by molar-refractivity contribution is -0.0139. The highest BCUT2D eigenvalue weighted by Gasteiger charge is 2.26. The summed E-state index contributed by atoms with van der Waals surface area (Å²) in [5.74, 6) is 0. The largest absolute Gasteiger partial charge is 0.447 e. The van der Waals surface area contributed by atoms with E-state index in [1.165, 1.54) is 7.05 Å². The van der Waals surface area contributed by atoms with E-state index in [9.17, 15) is 4.79 Å². The van der Waals surface area contributed by atoms with E-state index in [1.54, 1.807) is 7.11 Å². The second kappa shape index (κ2) is 19.1. The van der Waals surface area contributed by atoms with Gasteiger partial charge in [0.05, 0.1) is 26.4 Å². The van der Waals surface area contributed by atoms with Crippen molar-refractivity contribution in [2.45, 2.75) is 26.4 Å². The van der Waals surface area contributed by atoms with Crippen LogP contribution in [0.25, 0.3) is 0 Å². The van der Waals surface area contributed by atoms with Crippen LogP contribution in [-0.4, -0.2) is 86.4 Å². The molecule has 0 aromatic carbocycles. The first-order chi connectivity index (χ1) is 10.9. The van der Waals surface area contributed by atoms with Crippen molar-refractivity contribution in [1.82, 2.24) is 5.32 Å². The number of amides is 1. The van der Waals surface area contributed by atoms with Crippen LogP contribution in [0.15, 0.2) is 0 Å². The summed E-state index contributed by atoms with van der Waals surface area (Å²) in [5, 5.41) is 36.8. The number of nitrogens with two attached hydrogens (primary N) is 1. The minimum atomic E-state index is -0.989. The average molecular weight is 342 g/mol. The van der Waals surface area contributed by atoms with Crippen molar-refractivity contribution in [3.05, 3.63) is 0 Å². The van der Waals surface area contributed by atoms with Crippen LogP contribution < -0.4 is 11.1 Å². The fourth-order valence-electron chi connectivity index (χ4n) is 1.07. The Kier molecular flexibility index (Phi) is 22.3. The number of rotatable bonds is 8. The molecule has 9 nitrogen and oxygen atoms in total. The zero-order valence-corrected chi connectivity index (χ0v) is 14.6. The fraction of sp³-hybridized carbons (Fsp3) is 0.929. The number of hydrogen-bond acceptors (Lipinski definition) is 8. The molecule has 1 atom stereocenters. The molecule has 1 unspecified atom stereocenters. The van der Waals surface area contributed by atoms with Crippen molar-refractivity contribution in [2.75, 3.05) is 53.7 Å². The number of methoxy groups -OCH3 is 1. The van der Waals surface area contributed by atoms with Gasteiger partial charge in [0, 0.05) is 19.6 Å². The fourth-order valence-corrected chi connectivity index (χ4v) is 1.07. The van der Waals surface area contributed by atoms with Gasteiger partial charge in [0.15, 0.2) is 0 Å². The van der Waals surface area contributed by atoms with Crippen molar-refractivity contribution < 1.29 is 34.7 Å². The molecule has 0 aromatic heterocycles. The molecule has 0 aliphatic carbocycles. The monoisotopic (exact) mass is 342 g/mol. The number of aliphatic hydroxyl groups excluding tert-OH is 4. The zero-order chi connectivity index (χ0) is 18.7. The highest BCUT2D eigenvalue weighted by molar-refractivity contribution is 5.66. The standard InChI is InChI=1S/C7H16O3.C5H11NO4.C2H7N/c1-3-7(4-8,5-9)6-10-2;1-6-5(9)10-3-4(8)2-7;1-2-3/h8-9H,3-6H2,1-2H3;4,7-8H,2-3H2,1H3,(H,6,9);2-3H2,1H3. The summed E-state index contributed by atoms with van der Waals surface area (Å²) < 4.78 is 9.24. The molecule has 1 amide bonds. The van der Waals surface area contributed by atoms with Gasteiger partial charge in [-0.3, -0.25) is 0 Å². The second-order valence-electron chi connectivity index (χ2n) is 4.70. The smallest absolute Gasteiger partial charge is 0.406 e. The SMILES string of the molecule is CCC(CO)(CO)COC.CCN.CNC(=O)OCC(O)CO. The van der Waals surface area contributed by atoms with Gasteiger partial charge in [0.1, 0.15) is 12.7 Å². The number of alkyl carbamates (subject to hydrolysis) is 1. The minimum Gasteiger partial charge on any atom is -0.447 e. The molecule has 0 radical (unpaired) electrons. The number of aliphatic hydroxyl groups is 4. The van der Waals surface area contributed by atoms with E-state index in [2.05, 4.69) is 10.1 Å². The lowest BCUT2D eigenvalue weighted by atomic mass is 9.88. The van der Waals surface area contributed by atoms with Crippen LogP contribution in [0, 0.1) is 5.41 Å². The molecule has 0 saturated heterocycles. The van der Waals surface area contributed by atoms with Gasteiger partial charge in [-0.25, -0.2) is 4.79 Å². The Morgan fingerprint density at radius 1 is 1.26 bits per heavy atom. The van der Waals surface area contributed by atoms with Crippen LogP contribution in [0.1, 0.15) is 20.3 Å². The molecular formula is C14H34N2O7. The number of ether oxygens (including phenoxy) is 2. The first-order valence-electron chi connectivity index (χ1n) is 7.40. The molecule has 0 fully saturated rings. The van der Waals surface area contributed by atoms with Gasteiger partial charge in [-0.1, -0.05) is 13.8 Å². The molecule has 0 rings (SSSR count). The van der Waals surface area contributed by atoms with Crippen molar-refractivity contribution in [3.8, 4) is 0 Å². The Bertz CT molecular complexity index is 243. The molecule has 9 heteroatoms. The van der Waals surface area contributed by atoms with Gasteiger partial charge < -0.3 is 41.0 Å². The third kappa shape index (κ3) is 17.2. The summed E-state index contributed by atoms with van der Waals surface area (Å²) in [4.78, 5) is 10.3. The molecule has 0 aliphatic rings. The maximum absolute atomic E-state index is 10.3. The Balaban J connectivity index is -0.000000297. The number of nitrogens with one attached hydrogen (secondary N) is 1. The van der Waals surface area contributed by atoms with Gasteiger partial charge in [-0.15, -0.1) is 0 Å². The van der Waals surface area contributed by atoms with Gasteiger partial charge >= 0.3 is 6.09 Å². The van der Waals surface area contributed by atoms with Crippen LogP contribution in [0.3, 0.4) is 0 Å². The van der Waals surface area contributed by atoms with Gasteiger partial charge in [-0.2, -0.15) is 0 Å². The first kappa shape index (κ1) is 26.9. The predicted molar refractivity (Wildman–Crippen MR) is 87.0 cm³/mol. The number of carbonyl (C=O) groups excluding carboxylic acids is 1. The topological polar surface area (TPSA) is 154 Å². The summed E-state index contributed by atoms with van der Waals surface area (Å²) in [6.07, 6.45) is -0.877. The lowest BCUT2D eigenvalue weighted by Crippen LogP contribution is -2.33. The molecule has 23 heavy (non-hydrogen) atoms. The Hall–Kier alpha value is -0.970. The van der Waals surface area contributed by atoms with Crippen molar-refractivity contribution in [1.29, 1.82) is 0 Å². The van der Waals surface area contributed by atoms with Crippen LogP contribution in [-0.2, 0) is 9.47 Å². The summed E-state index contributed by atoms with van der Waals surface area (Å²) in [6.45, 7) is 4.36. The van der Waals surface area contributed by atoms with Crippen LogP contribution in [0.5, 0.6) is 0 Å². The second-order valence-corrected chi connectivity index (χ2v) is 4.70. The first-order valence-corrected chi connectivity index (χ1v) is 7.40. The van der Waals surface area contributed by atoms with Crippen molar-refractivity contribution in [3.63, 3.8) is 0 Å². The van der Waals surface area contributed by atoms with E-state index < -0.39 is 24.2 Å². The van der Waals surface area contributed by atoms with E-state index in [0.29, 0.717) is 6.61 Å². The van der Waals surface area contributed by atoms with Crippen LogP contribution in [0.4, 0.5) is 4.79 Å². The highest BCUT2D eigenvalue weighted by Crippen LogP contribution is 2.19. The molecule has 0 aromatic rings. The molecule has 0 spiro atoms. The van der Waals surface area contributed by atoms with Crippen molar-refractivity contribution in [2.24, 2.45) is 11.1 Å². The summed E-state index contributed by atoms with van der Waals surface area (Å²) in [5.41, 5.74) is 4.41. The third-order valence-corrected chi connectivity index (χ3v) is 2.69. The molecule has 0 aliphatic heterocycles. The number of carbonyl (C=O) groups is 1. The summed E-state index contributed by atoms with van der Waals surface area (Å²) >= 11 is 0. The Morgan fingerprint density at radius 3 is 1.96 bits per heavy atom. The average Bonchev–Trinajstić information content (AvgIpc) is 2.58. The summed E-state index contributed by atoms with van der Waals surface area (Å²) in [7, 11) is 2.98. The van der Waals surface area contributed by atoms with Gasteiger partial charge in [0.2, 0.25) is 0 Å². The third-order valence-electron chi connectivity index (χ3n) is 2.69. The van der Waals surface area contributed by atoms with E-state index in [-0.39, 0.29) is 19.8 Å². The molecule has 7 N–H and O–H groups in total. The van der Waals surface area contributed by atoms with Gasteiger partial charge in [0.25, 0.3) is 0 Å². The van der Waals surface area contributed by atoms with Crippen LogP contribution in [0.2, 0.25) is 0 Å². The van der Waals surface area contributed by atoms with E-state index in [0.717, 1.165) is 13.0 Å². The van der Waals surface area contributed by atoms with E-state index in [1.807, 2.05) is 13.8 Å². The normalized spacial score (nSPS) is 11.3. The predicted octanol–water partition coefficient (Wildman–Crippen LogP) is -1.33. The Morgan fingerprint density at radius 2 is 1.74 bits per heavy atom. The Labute approximate surface area is 138 Å². The van der Waals surface area contributed by atoms with Gasteiger partial charge in [-0.05, 0) is 13.0 Å². The molecule has 142 valence electrons. The van der Waals surface area contributed by atoms with E-state index >= 15 is 0 Å². The highest BCUT2D eigenvalue weighted by atomic mass is 16.6. The molecule has 0 heterocycles. The molecule has 0 saturated carbocycles. The maximum Gasteiger partial charge on any atom is 0.406 e. The minimum absolute atomic E-state index is 0.0200. The molecular weight excluding hydrogens is 308 g/mol.